The number of hydrogen-bond donors (Lipinski definition) is 1. The highest BCUT2D eigenvalue weighted by molar-refractivity contribution is 6.25. The van der Waals surface area contributed by atoms with E-state index in [1.807, 2.05) is 0 Å². The van der Waals surface area contributed by atoms with Crippen molar-refractivity contribution in [3.05, 3.63) is 54.6 Å². The molecule has 1 aromatic heterocycles. The van der Waals surface area contributed by atoms with E-state index in [0.717, 1.165) is 43.8 Å². The Hall–Kier alpha value is -3.67. The van der Waals surface area contributed by atoms with Gasteiger partial charge in [-0.3, -0.25) is 0 Å². The van der Waals surface area contributed by atoms with Gasteiger partial charge in [0, 0.05) is 37.3 Å². The predicted octanol–water partition coefficient (Wildman–Crippen LogP) is 6.49. The Bertz CT molecular complexity index is 1450. The normalized spacial score (nSPS) is 17.0. The highest BCUT2D eigenvalue weighted by atomic mass is 15.4. The standard InChI is InChI=1S/C29H30N6/c1-3-16-34(17-4-1)28-31-27(32-29(33-28)35-18-5-2-6-19-35)30-24-15-13-22-11-10-20-8-7-9-21-12-14-23(24)26(22)25(20)21/h7-15H,1-6,16-19H2,(H,30,31,32,33). The second-order valence-electron chi connectivity index (χ2n) is 9.95. The number of nitrogens with zero attached hydrogens (tertiary/aromatic N) is 5. The molecular formula is C29H30N6. The van der Waals surface area contributed by atoms with Gasteiger partial charge in [-0.15, -0.1) is 0 Å². The predicted molar refractivity (Wildman–Crippen MR) is 145 cm³/mol. The molecule has 0 spiro atoms. The molecule has 35 heavy (non-hydrogen) atoms. The zero-order valence-electron chi connectivity index (χ0n) is 20.0. The Labute approximate surface area is 205 Å². The smallest absolute Gasteiger partial charge is 0.233 e. The molecule has 5 aromatic rings. The summed E-state index contributed by atoms with van der Waals surface area (Å²) in [6.45, 7) is 4.06. The number of nitrogens with one attached hydrogen (secondary N) is 1. The molecule has 2 aliphatic heterocycles. The molecule has 0 atom stereocenters. The highest BCUT2D eigenvalue weighted by Gasteiger charge is 2.21. The first-order chi connectivity index (χ1) is 17.3. The van der Waals surface area contributed by atoms with Crippen molar-refractivity contribution < 1.29 is 0 Å². The second kappa shape index (κ2) is 8.52. The maximum absolute atomic E-state index is 4.94. The van der Waals surface area contributed by atoms with Gasteiger partial charge in [-0.25, -0.2) is 0 Å². The van der Waals surface area contributed by atoms with Crippen molar-refractivity contribution in [3.63, 3.8) is 0 Å². The van der Waals surface area contributed by atoms with E-state index in [1.165, 1.54) is 70.8 Å². The molecule has 0 saturated carbocycles. The number of anilines is 4. The number of benzene rings is 4. The topological polar surface area (TPSA) is 57.2 Å². The van der Waals surface area contributed by atoms with Crippen molar-refractivity contribution in [2.45, 2.75) is 38.5 Å². The van der Waals surface area contributed by atoms with Crippen LogP contribution in [0.25, 0.3) is 32.3 Å². The van der Waals surface area contributed by atoms with Gasteiger partial charge >= 0.3 is 0 Å². The monoisotopic (exact) mass is 462 g/mol. The van der Waals surface area contributed by atoms with Crippen LogP contribution in [0.3, 0.4) is 0 Å². The summed E-state index contributed by atoms with van der Waals surface area (Å²) in [4.78, 5) is 19.4. The van der Waals surface area contributed by atoms with Gasteiger partial charge in [-0.1, -0.05) is 48.5 Å². The van der Waals surface area contributed by atoms with Crippen LogP contribution >= 0.6 is 0 Å². The first-order valence-corrected chi connectivity index (χ1v) is 13.0. The van der Waals surface area contributed by atoms with Crippen LogP contribution in [-0.2, 0) is 0 Å². The molecule has 6 nitrogen and oxygen atoms in total. The van der Waals surface area contributed by atoms with Gasteiger partial charge in [-0.2, -0.15) is 15.0 Å². The van der Waals surface area contributed by atoms with Gasteiger partial charge in [-0.05, 0) is 71.5 Å². The summed E-state index contributed by atoms with van der Waals surface area (Å²) in [5, 5.41) is 11.2. The van der Waals surface area contributed by atoms with E-state index in [4.69, 9.17) is 15.0 Å². The molecular weight excluding hydrogens is 432 g/mol. The molecule has 6 heteroatoms. The van der Waals surface area contributed by atoms with E-state index in [2.05, 4.69) is 69.7 Å². The Balaban J connectivity index is 1.33. The Morgan fingerprint density at radius 1 is 0.543 bits per heavy atom. The molecule has 176 valence electrons. The summed E-state index contributed by atoms with van der Waals surface area (Å²) in [6, 6.07) is 19.8. The van der Waals surface area contributed by atoms with Crippen LogP contribution in [0.4, 0.5) is 23.5 Å². The van der Waals surface area contributed by atoms with Gasteiger partial charge < -0.3 is 15.1 Å². The Kier molecular flexibility index (Phi) is 5.04. The molecule has 0 bridgehead atoms. The molecule has 0 unspecified atom stereocenters. The van der Waals surface area contributed by atoms with Crippen molar-refractivity contribution in [2.75, 3.05) is 41.3 Å². The van der Waals surface area contributed by atoms with Crippen molar-refractivity contribution in [1.29, 1.82) is 0 Å². The SMILES string of the molecule is c1cc2ccc3ccc(Nc4nc(N5CCCCC5)nc(N5CCCCC5)n4)c4ccc(c1)c2c34. The van der Waals surface area contributed by atoms with Crippen molar-refractivity contribution >= 4 is 55.8 Å². The van der Waals surface area contributed by atoms with Crippen molar-refractivity contribution in [1.82, 2.24) is 15.0 Å². The Morgan fingerprint density at radius 3 is 1.71 bits per heavy atom. The molecule has 4 aromatic carbocycles. The lowest BCUT2D eigenvalue weighted by atomic mass is 9.93. The largest absolute Gasteiger partial charge is 0.341 e. The minimum atomic E-state index is 0.635. The maximum atomic E-state index is 4.94. The third kappa shape index (κ3) is 3.68. The quantitative estimate of drug-likeness (QED) is 0.308. The summed E-state index contributed by atoms with van der Waals surface area (Å²) >= 11 is 0. The van der Waals surface area contributed by atoms with Crippen LogP contribution in [0, 0.1) is 0 Å². The van der Waals surface area contributed by atoms with Crippen LogP contribution in [0.2, 0.25) is 0 Å². The fourth-order valence-corrected chi connectivity index (χ4v) is 5.85. The first kappa shape index (κ1) is 20.7. The Morgan fingerprint density at radius 2 is 1.09 bits per heavy atom. The van der Waals surface area contributed by atoms with Crippen LogP contribution in [-0.4, -0.2) is 41.1 Å². The van der Waals surface area contributed by atoms with E-state index in [0.29, 0.717) is 5.95 Å². The van der Waals surface area contributed by atoms with E-state index in [9.17, 15) is 0 Å². The van der Waals surface area contributed by atoms with Crippen LogP contribution in [0.1, 0.15) is 38.5 Å². The molecule has 0 radical (unpaired) electrons. The van der Waals surface area contributed by atoms with E-state index >= 15 is 0 Å². The fraction of sp³-hybridized carbons (Fsp3) is 0.345. The molecule has 0 aliphatic carbocycles. The third-order valence-corrected chi connectivity index (χ3v) is 7.66. The van der Waals surface area contributed by atoms with Crippen LogP contribution in [0.15, 0.2) is 54.6 Å². The van der Waals surface area contributed by atoms with E-state index < -0.39 is 0 Å². The van der Waals surface area contributed by atoms with Gasteiger partial charge in [0.15, 0.2) is 0 Å². The zero-order valence-corrected chi connectivity index (χ0v) is 20.0. The van der Waals surface area contributed by atoms with Crippen LogP contribution in [0.5, 0.6) is 0 Å². The number of piperidine rings is 2. The molecule has 2 fully saturated rings. The van der Waals surface area contributed by atoms with E-state index in [-0.39, 0.29) is 0 Å². The molecule has 2 saturated heterocycles. The fourth-order valence-electron chi connectivity index (χ4n) is 5.85. The lowest BCUT2D eigenvalue weighted by molar-refractivity contribution is 0.556. The van der Waals surface area contributed by atoms with E-state index in [1.54, 1.807) is 0 Å². The van der Waals surface area contributed by atoms with Gasteiger partial charge in [0.05, 0.1) is 0 Å². The lowest BCUT2D eigenvalue weighted by Crippen LogP contribution is -2.34. The number of rotatable bonds is 4. The van der Waals surface area contributed by atoms with Crippen molar-refractivity contribution in [3.8, 4) is 0 Å². The van der Waals surface area contributed by atoms with Crippen molar-refractivity contribution in [2.24, 2.45) is 0 Å². The van der Waals surface area contributed by atoms with Gasteiger partial charge in [0.1, 0.15) is 0 Å². The summed E-state index contributed by atoms with van der Waals surface area (Å²) in [5.41, 5.74) is 1.04. The average molecular weight is 463 g/mol. The van der Waals surface area contributed by atoms with Crippen LogP contribution < -0.4 is 15.1 Å². The average Bonchev–Trinajstić information content (AvgIpc) is 2.93. The maximum Gasteiger partial charge on any atom is 0.233 e. The molecule has 0 amide bonds. The van der Waals surface area contributed by atoms with Gasteiger partial charge in [0.2, 0.25) is 17.8 Å². The molecule has 1 N–H and O–H groups in total. The molecule has 7 rings (SSSR count). The summed E-state index contributed by atoms with van der Waals surface area (Å²) in [5.74, 6) is 2.25. The third-order valence-electron chi connectivity index (χ3n) is 7.66. The number of hydrogen-bond acceptors (Lipinski definition) is 6. The summed E-state index contributed by atoms with van der Waals surface area (Å²) in [6.07, 6.45) is 7.36. The molecule has 3 heterocycles. The lowest BCUT2D eigenvalue weighted by Gasteiger charge is -2.30. The summed E-state index contributed by atoms with van der Waals surface area (Å²) in [7, 11) is 0. The minimum Gasteiger partial charge on any atom is -0.341 e. The second-order valence-corrected chi connectivity index (χ2v) is 9.95. The minimum absolute atomic E-state index is 0.635. The summed E-state index contributed by atoms with van der Waals surface area (Å²) < 4.78 is 0. The highest BCUT2D eigenvalue weighted by Crippen LogP contribution is 2.38. The molecule has 2 aliphatic rings. The first-order valence-electron chi connectivity index (χ1n) is 13.0. The number of aromatic nitrogens is 3. The zero-order chi connectivity index (χ0) is 23.2. The van der Waals surface area contributed by atoms with Gasteiger partial charge in [0.25, 0.3) is 0 Å².